The smallest absolute Gasteiger partial charge is 0.244 e. The van der Waals surface area contributed by atoms with Gasteiger partial charge in [0.15, 0.2) is 0 Å². The first kappa shape index (κ1) is 19.7. The monoisotopic (exact) mass is 423 g/mol. The van der Waals surface area contributed by atoms with Crippen molar-refractivity contribution >= 4 is 26.0 Å². The second kappa shape index (κ2) is 8.65. The molecule has 0 bridgehead atoms. The molecule has 6 heteroatoms. The zero-order chi connectivity index (χ0) is 18.4. The van der Waals surface area contributed by atoms with Crippen LogP contribution in [-0.4, -0.2) is 26.4 Å². The molecular formula is C19H22BrNO3S. The summed E-state index contributed by atoms with van der Waals surface area (Å²) in [6, 6.07) is 14.2. The summed E-state index contributed by atoms with van der Waals surface area (Å²) in [5.41, 5.74) is 1.75. The summed E-state index contributed by atoms with van der Waals surface area (Å²) in [5, 5.41) is 0. The van der Waals surface area contributed by atoms with E-state index in [2.05, 4.69) is 22.5 Å². The van der Waals surface area contributed by atoms with E-state index in [4.69, 9.17) is 4.74 Å². The van der Waals surface area contributed by atoms with Crippen LogP contribution in [0.4, 0.5) is 0 Å². The van der Waals surface area contributed by atoms with E-state index in [1.165, 1.54) is 4.31 Å². The highest BCUT2D eigenvalue weighted by molar-refractivity contribution is 9.10. The van der Waals surface area contributed by atoms with Crippen molar-refractivity contribution in [3.8, 4) is 5.75 Å². The van der Waals surface area contributed by atoms with Crippen LogP contribution in [0.2, 0.25) is 0 Å². The van der Waals surface area contributed by atoms with Gasteiger partial charge in [-0.2, -0.15) is 4.31 Å². The molecule has 25 heavy (non-hydrogen) atoms. The van der Waals surface area contributed by atoms with Gasteiger partial charge in [-0.1, -0.05) is 43.3 Å². The van der Waals surface area contributed by atoms with Crippen LogP contribution in [0.15, 0.2) is 70.1 Å². The zero-order valence-electron chi connectivity index (χ0n) is 14.4. The summed E-state index contributed by atoms with van der Waals surface area (Å²) >= 11 is 3.34. The highest BCUT2D eigenvalue weighted by Gasteiger charge is 2.26. The van der Waals surface area contributed by atoms with E-state index in [0.29, 0.717) is 4.47 Å². The van der Waals surface area contributed by atoms with Crippen LogP contribution in [0.5, 0.6) is 5.75 Å². The average Bonchev–Trinajstić information content (AvgIpc) is 2.61. The number of methoxy groups -OCH3 is 1. The summed E-state index contributed by atoms with van der Waals surface area (Å²) in [7, 11) is -2.06. The number of hydrogen-bond acceptors (Lipinski definition) is 3. The Morgan fingerprint density at radius 2 is 1.80 bits per heavy atom. The second-order valence-corrected chi connectivity index (χ2v) is 8.42. The van der Waals surface area contributed by atoms with Crippen LogP contribution in [0, 0.1) is 0 Å². The molecule has 0 atom stereocenters. The average molecular weight is 424 g/mol. The van der Waals surface area contributed by atoms with E-state index in [1.54, 1.807) is 31.4 Å². The molecule has 0 saturated heterocycles. The van der Waals surface area contributed by atoms with E-state index in [-0.39, 0.29) is 18.0 Å². The first-order valence-electron chi connectivity index (χ1n) is 7.92. The predicted octanol–water partition coefficient (Wildman–Crippen LogP) is 4.61. The fraction of sp³-hybridized carbons (Fsp3) is 0.263. The van der Waals surface area contributed by atoms with Gasteiger partial charge >= 0.3 is 0 Å². The Hall–Kier alpha value is -1.63. The van der Waals surface area contributed by atoms with Crippen LogP contribution in [0.25, 0.3) is 0 Å². The molecule has 0 N–H and O–H groups in total. The van der Waals surface area contributed by atoms with Gasteiger partial charge in [-0.05, 0) is 52.2 Å². The normalized spacial score (nSPS) is 11.5. The molecule has 0 aromatic heterocycles. The molecule has 0 saturated carbocycles. The maximum Gasteiger partial charge on any atom is 0.244 e. The van der Waals surface area contributed by atoms with Crippen LogP contribution in [0.3, 0.4) is 0 Å². The molecular weight excluding hydrogens is 402 g/mol. The van der Waals surface area contributed by atoms with Crippen molar-refractivity contribution in [2.75, 3.05) is 13.7 Å². The molecule has 0 aliphatic heterocycles. The van der Waals surface area contributed by atoms with Gasteiger partial charge in [0.1, 0.15) is 5.75 Å². The van der Waals surface area contributed by atoms with Crippen molar-refractivity contribution in [1.29, 1.82) is 0 Å². The lowest BCUT2D eigenvalue weighted by molar-refractivity contribution is 0.412. The molecule has 0 unspecified atom stereocenters. The lowest BCUT2D eigenvalue weighted by Crippen LogP contribution is -2.32. The second-order valence-electron chi connectivity index (χ2n) is 5.66. The Kier molecular flexibility index (Phi) is 6.81. The largest absolute Gasteiger partial charge is 0.497 e. The third-order valence-electron chi connectivity index (χ3n) is 3.87. The third kappa shape index (κ3) is 4.93. The Morgan fingerprint density at radius 1 is 1.16 bits per heavy atom. The summed E-state index contributed by atoms with van der Waals surface area (Å²) in [6.07, 6.45) is 0.727. The van der Waals surface area contributed by atoms with E-state index >= 15 is 0 Å². The maximum absolute atomic E-state index is 13.2. The molecule has 0 aliphatic carbocycles. The molecule has 0 radical (unpaired) electrons. The molecule has 0 heterocycles. The highest BCUT2D eigenvalue weighted by Crippen LogP contribution is 2.27. The van der Waals surface area contributed by atoms with Crippen LogP contribution < -0.4 is 4.74 Å². The minimum Gasteiger partial charge on any atom is -0.497 e. The predicted molar refractivity (Wildman–Crippen MR) is 104 cm³/mol. The minimum absolute atomic E-state index is 0.257. The van der Waals surface area contributed by atoms with Crippen molar-refractivity contribution in [1.82, 2.24) is 4.31 Å². The van der Waals surface area contributed by atoms with E-state index < -0.39 is 10.0 Å². The van der Waals surface area contributed by atoms with Gasteiger partial charge in [-0.15, -0.1) is 0 Å². The van der Waals surface area contributed by atoms with Gasteiger partial charge in [0.05, 0.1) is 12.0 Å². The molecule has 0 aliphatic rings. The molecule has 0 spiro atoms. The number of hydrogen-bond donors (Lipinski definition) is 0. The first-order chi connectivity index (χ1) is 11.9. The molecule has 0 amide bonds. The van der Waals surface area contributed by atoms with Crippen molar-refractivity contribution in [2.45, 2.75) is 24.8 Å². The van der Waals surface area contributed by atoms with Crippen LogP contribution in [0.1, 0.15) is 18.9 Å². The topological polar surface area (TPSA) is 46.6 Å². The molecule has 2 rings (SSSR count). The van der Waals surface area contributed by atoms with Gasteiger partial charge in [-0.25, -0.2) is 8.42 Å². The van der Waals surface area contributed by atoms with Crippen LogP contribution in [-0.2, 0) is 16.6 Å². The minimum atomic E-state index is -3.66. The third-order valence-corrected chi connectivity index (χ3v) is 6.68. The van der Waals surface area contributed by atoms with Gasteiger partial charge in [0, 0.05) is 17.6 Å². The van der Waals surface area contributed by atoms with Crippen molar-refractivity contribution in [3.63, 3.8) is 0 Å². The van der Waals surface area contributed by atoms with E-state index in [1.807, 2.05) is 31.2 Å². The number of sulfonamides is 1. The van der Waals surface area contributed by atoms with Gasteiger partial charge in [-0.3, -0.25) is 0 Å². The van der Waals surface area contributed by atoms with Gasteiger partial charge < -0.3 is 4.74 Å². The number of rotatable bonds is 8. The molecule has 134 valence electrons. The van der Waals surface area contributed by atoms with E-state index in [0.717, 1.165) is 23.3 Å². The van der Waals surface area contributed by atoms with Crippen molar-refractivity contribution in [2.24, 2.45) is 0 Å². The lowest BCUT2D eigenvalue weighted by Gasteiger charge is -2.24. The zero-order valence-corrected chi connectivity index (χ0v) is 16.8. The van der Waals surface area contributed by atoms with Gasteiger partial charge in [0.2, 0.25) is 10.0 Å². The Morgan fingerprint density at radius 3 is 2.36 bits per heavy atom. The Labute approximate surface area is 158 Å². The molecule has 2 aromatic carbocycles. The number of ether oxygens (including phenoxy) is 1. The highest BCUT2D eigenvalue weighted by atomic mass is 79.9. The van der Waals surface area contributed by atoms with E-state index in [9.17, 15) is 8.42 Å². The molecule has 2 aromatic rings. The fourth-order valence-electron chi connectivity index (χ4n) is 2.31. The summed E-state index contributed by atoms with van der Waals surface area (Å²) in [4.78, 5) is 0.257. The number of nitrogens with zero attached hydrogens (tertiary/aromatic N) is 1. The standard InChI is InChI=1S/C19H22BrNO3S/c1-4-15(2)13-21(14-16-9-11-17(24-3)12-10-16)25(22,23)19-8-6-5-7-18(19)20/h5-12H,2,4,13-14H2,1,3H3. The summed E-state index contributed by atoms with van der Waals surface area (Å²) in [5.74, 6) is 0.738. The van der Waals surface area contributed by atoms with Crippen molar-refractivity contribution < 1.29 is 13.2 Å². The maximum atomic E-state index is 13.2. The molecule has 0 fully saturated rings. The number of halogens is 1. The SMILES string of the molecule is C=C(CC)CN(Cc1ccc(OC)cc1)S(=O)(=O)c1ccccc1Br. The Balaban J connectivity index is 2.37. The van der Waals surface area contributed by atoms with Crippen molar-refractivity contribution in [3.05, 3.63) is 70.7 Å². The summed E-state index contributed by atoms with van der Waals surface area (Å²) < 4.78 is 33.5. The Bertz CT molecular complexity index is 832. The summed E-state index contributed by atoms with van der Waals surface area (Å²) in [6.45, 7) is 6.50. The number of benzene rings is 2. The van der Waals surface area contributed by atoms with Crippen LogP contribution >= 0.6 is 15.9 Å². The first-order valence-corrected chi connectivity index (χ1v) is 10.2. The lowest BCUT2D eigenvalue weighted by atomic mass is 10.2. The quantitative estimate of drug-likeness (QED) is 0.582. The fourth-order valence-corrected chi connectivity index (χ4v) is 4.73. The molecule has 4 nitrogen and oxygen atoms in total. The van der Waals surface area contributed by atoms with Gasteiger partial charge in [0.25, 0.3) is 0 Å².